The fraction of sp³-hybridized carbons (Fsp3) is 0.467. The molecule has 0 bridgehead atoms. The van der Waals surface area contributed by atoms with Gasteiger partial charge in [-0.05, 0) is 44.1 Å². The molecule has 0 spiro atoms. The molecule has 21 heavy (non-hydrogen) atoms. The number of carbonyl (C=O) groups excluding carboxylic acids is 2. The van der Waals surface area contributed by atoms with Crippen LogP contribution in [0.25, 0.3) is 0 Å². The highest BCUT2D eigenvalue weighted by Gasteiger charge is 2.23. The second kappa shape index (κ2) is 7.17. The van der Waals surface area contributed by atoms with Crippen molar-refractivity contribution in [1.82, 2.24) is 4.90 Å². The van der Waals surface area contributed by atoms with Crippen LogP contribution in [0.3, 0.4) is 0 Å². The van der Waals surface area contributed by atoms with Crippen molar-refractivity contribution in [3.8, 4) is 0 Å². The SMILES string of the molecule is NC(=O)C1CCN(CCC(=O)Nc2cccc(F)c2)CC1. The number of hydrogen-bond acceptors (Lipinski definition) is 3. The number of nitrogens with two attached hydrogens (primary N) is 1. The predicted octanol–water partition coefficient (Wildman–Crippen LogP) is 1.35. The summed E-state index contributed by atoms with van der Waals surface area (Å²) >= 11 is 0. The number of benzene rings is 1. The summed E-state index contributed by atoms with van der Waals surface area (Å²) in [4.78, 5) is 25.0. The van der Waals surface area contributed by atoms with Crippen molar-refractivity contribution < 1.29 is 14.0 Å². The Hall–Kier alpha value is -1.95. The minimum atomic E-state index is -0.374. The number of carbonyl (C=O) groups is 2. The quantitative estimate of drug-likeness (QED) is 0.860. The molecule has 114 valence electrons. The van der Waals surface area contributed by atoms with Crippen molar-refractivity contribution in [2.45, 2.75) is 19.3 Å². The Labute approximate surface area is 123 Å². The van der Waals surface area contributed by atoms with Crippen LogP contribution in [0.1, 0.15) is 19.3 Å². The molecule has 1 heterocycles. The summed E-state index contributed by atoms with van der Waals surface area (Å²) in [7, 11) is 0. The third-order valence-electron chi connectivity index (χ3n) is 3.75. The number of piperidine rings is 1. The fourth-order valence-corrected chi connectivity index (χ4v) is 2.49. The summed E-state index contributed by atoms with van der Waals surface area (Å²) in [5, 5.41) is 2.67. The van der Waals surface area contributed by atoms with Crippen LogP contribution in [-0.2, 0) is 9.59 Å². The molecule has 1 aliphatic rings. The number of hydrogen-bond donors (Lipinski definition) is 2. The highest BCUT2D eigenvalue weighted by Crippen LogP contribution is 2.17. The van der Waals surface area contributed by atoms with Crippen LogP contribution in [-0.4, -0.2) is 36.3 Å². The Morgan fingerprint density at radius 1 is 1.33 bits per heavy atom. The van der Waals surface area contributed by atoms with E-state index in [1.54, 1.807) is 12.1 Å². The van der Waals surface area contributed by atoms with E-state index in [-0.39, 0.29) is 23.5 Å². The molecule has 0 aliphatic carbocycles. The zero-order chi connectivity index (χ0) is 15.2. The van der Waals surface area contributed by atoms with Crippen molar-refractivity contribution in [3.63, 3.8) is 0 Å². The number of nitrogens with one attached hydrogen (secondary N) is 1. The van der Waals surface area contributed by atoms with Crippen LogP contribution in [0.4, 0.5) is 10.1 Å². The highest BCUT2D eigenvalue weighted by molar-refractivity contribution is 5.90. The summed E-state index contributed by atoms with van der Waals surface area (Å²) in [5.41, 5.74) is 5.75. The van der Waals surface area contributed by atoms with Gasteiger partial charge in [-0.3, -0.25) is 9.59 Å². The Bertz CT molecular complexity index is 513. The molecule has 1 fully saturated rings. The van der Waals surface area contributed by atoms with Crippen molar-refractivity contribution in [2.75, 3.05) is 25.0 Å². The van der Waals surface area contributed by atoms with Gasteiger partial charge in [0.25, 0.3) is 0 Å². The van der Waals surface area contributed by atoms with Gasteiger partial charge in [0.15, 0.2) is 0 Å². The molecule has 0 unspecified atom stereocenters. The second-order valence-corrected chi connectivity index (χ2v) is 5.33. The molecule has 0 aromatic heterocycles. The maximum Gasteiger partial charge on any atom is 0.225 e. The molecule has 3 N–H and O–H groups in total. The van der Waals surface area contributed by atoms with E-state index in [1.165, 1.54) is 12.1 Å². The Balaban J connectivity index is 1.71. The highest BCUT2D eigenvalue weighted by atomic mass is 19.1. The third-order valence-corrected chi connectivity index (χ3v) is 3.75. The minimum absolute atomic E-state index is 0.0395. The predicted molar refractivity (Wildman–Crippen MR) is 78.0 cm³/mol. The number of anilines is 1. The van der Waals surface area contributed by atoms with Crippen LogP contribution in [0.15, 0.2) is 24.3 Å². The van der Waals surface area contributed by atoms with Crippen LogP contribution >= 0.6 is 0 Å². The van der Waals surface area contributed by atoms with E-state index in [9.17, 15) is 14.0 Å². The van der Waals surface area contributed by atoms with Gasteiger partial charge in [0.2, 0.25) is 11.8 Å². The topological polar surface area (TPSA) is 75.4 Å². The Morgan fingerprint density at radius 2 is 2.05 bits per heavy atom. The summed E-state index contributed by atoms with van der Waals surface area (Å²) < 4.78 is 13.0. The molecule has 2 rings (SSSR count). The molecule has 0 atom stereocenters. The van der Waals surface area contributed by atoms with E-state index in [0.29, 0.717) is 18.7 Å². The van der Waals surface area contributed by atoms with Gasteiger partial charge in [-0.25, -0.2) is 4.39 Å². The van der Waals surface area contributed by atoms with E-state index in [0.717, 1.165) is 25.9 Å². The van der Waals surface area contributed by atoms with Crippen molar-refractivity contribution in [2.24, 2.45) is 11.7 Å². The second-order valence-electron chi connectivity index (χ2n) is 5.33. The molecule has 6 heteroatoms. The lowest BCUT2D eigenvalue weighted by molar-refractivity contribution is -0.123. The zero-order valence-corrected chi connectivity index (χ0v) is 11.8. The average molecular weight is 293 g/mol. The van der Waals surface area contributed by atoms with Crippen molar-refractivity contribution in [1.29, 1.82) is 0 Å². The van der Waals surface area contributed by atoms with Gasteiger partial charge in [-0.2, -0.15) is 0 Å². The number of nitrogens with zero attached hydrogens (tertiary/aromatic N) is 1. The van der Waals surface area contributed by atoms with Gasteiger partial charge in [-0.15, -0.1) is 0 Å². The molecule has 2 amide bonds. The van der Waals surface area contributed by atoms with Crippen molar-refractivity contribution in [3.05, 3.63) is 30.1 Å². The number of halogens is 1. The maximum atomic E-state index is 13.0. The first-order valence-electron chi connectivity index (χ1n) is 7.11. The van der Waals surface area contributed by atoms with E-state index in [4.69, 9.17) is 5.73 Å². The Kier molecular flexibility index (Phi) is 5.27. The maximum absolute atomic E-state index is 13.0. The lowest BCUT2D eigenvalue weighted by Gasteiger charge is -2.30. The van der Waals surface area contributed by atoms with E-state index in [2.05, 4.69) is 10.2 Å². The van der Waals surface area contributed by atoms with Gasteiger partial charge < -0.3 is 16.0 Å². The van der Waals surface area contributed by atoms with Gasteiger partial charge in [0.1, 0.15) is 5.82 Å². The van der Waals surface area contributed by atoms with Crippen LogP contribution in [0.2, 0.25) is 0 Å². The number of primary amides is 1. The largest absolute Gasteiger partial charge is 0.369 e. The monoisotopic (exact) mass is 293 g/mol. The average Bonchev–Trinajstić information content (AvgIpc) is 2.45. The molecular weight excluding hydrogens is 273 g/mol. The molecule has 1 aromatic carbocycles. The number of likely N-dealkylation sites (tertiary alicyclic amines) is 1. The molecule has 5 nitrogen and oxygen atoms in total. The van der Waals surface area contributed by atoms with Crippen molar-refractivity contribution >= 4 is 17.5 Å². The van der Waals surface area contributed by atoms with E-state index < -0.39 is 0 Å². The van der Waals surface area contributed by atoms with Gasteiger partial charge in [0, 0.05) is 24.6 Å². The first-order valence-corrected chi connectivity index (χ1v) is 7.11. The summed E-state index contributed by atoms with van der Waals surface area (Å²) in [6, 6.07) is 5.83. The smallest absolute Gasteiger partial charge is 0.225 e. The van der Waals surface area contributed by atoms with Gasteiger partial charge in [0.05, 0.1) is 0 Å². The molecular formula is C15H20FN3O2. The molecule has 1 aliphatic heterocycles. The third kappa shape index (κ3) is 4.82. The van der Waals surface area contributed by atoms with Crippen LogP contribution in [0, 0.1) is 11.7 Å². The Morgan fingerprint density at radius 3 is 2.67 bits per heavy atom. The molecule has 1 aromatic rings. The fourth-order valence-electron chi connectivity index (χ4n) is 2.49. The zero-order valence-electron chi connectivity index (χ0n) is 11.8. The molecule has 1 saturated heterocycles. The number of rotatable bonds is 5. The van der Waals surface area contributed by atoms with E-state index in [1.807, 2.05) is 0 Å². The van der Waals surface area contributed by atoms with Crippen LogP contribution < -0.4 is 11.1 Å². The lowest BCUT2D eigenvalue weighted by Crippen LogP contribution is -2.39. The summed E-state index contributed by atoms with van der Waals surface area (Å²) in [6.07, 6.45) is 1.85. The minimum Gasteiger partial charge on any atom is -0.369 e. The van der Waals surface area contributed by atoms with E-state index >= 15 is 0 Å². The van der Waals surface area contributed by atoms with Gasteiger partial charge >= 0.3 is 0 Å². The standard InChI is InChI=1S/C15H20FN3O2/c16-12-2-1-3-13(10-12)18-14(20)6-9-19-7-4-11(5-8-19)15(17)21/h1-3,10-11H,4-9H2,(H2,17,21)(H,18,20). The molecule has 0 radical (unpaired) electrons. The first-order chi connectivity index (χ1) is 10.0. The van der Waals surface area contributed by atoms with Gasteiger partial charge in [-0.1, -0.05) is 6.07 Å². The molecule has 0 saturated carbocycles. The first kappa shape index (κ1) is 15.4. The normalized spacial score (nSPS) is 16.6. The summed E-state index contributed by atoms with van der Waals surface area (Å²) in [6.45, 7) is 2.19. The summed E-state index contributed by atoms with van der Waals surface area (Å²) in [5.74, 6) is -0.792. The van der Waals surface area contributed by atoms with Crippen LogP contribution in [0.5, 0.6) is 0 Å². The lowest BCUT2D eigenvalue weighted by atomic mass is 9.96. The number of amides is 2.